The summed E-state index contributed by atoms with van der Waals surface area (Å²) in [5.41, 5.74) is 1.04. The van der Waals surface area contributed by atoms with E-state index in [1.54, 1.807) is 30.3 Å². The lowest BCUT2D eigenvalue weighted by atomic mass is 10.0. The molecule has 0 spiro atoms. The summed E-state index contributed by atoms with van der Waals surface area (Å²) in [6.07, 6.45) is -0.621. The minimum absolute atomic E-state index is 0.147. The molecule has 2 heterocycles. The van der Waals surface area contributed by atoms with Crippen molar-refractivity contribution in [3.8, 4) is 23.0 Å². The molecule has 0 aliphatic carbocycles. The lowest BCUT2D eigenvalue weighted by molar-refractivity contribution is -0.144. The maximum Gasteiger partial charge on any atom is 0.344 e. The van der Waals surface area contributed by atoms with Crippen molar-refractivity contribution in [1.29, 1.82) is 0 Å². The van der Waals surface area contributed by atoms with Crippen LogP contribution in [0.25, 0.3) is 0 Å². The summed E-state index contributed by atoms with van der Waals surface area (Å²) >= 11 is 0. The third-order valence-electron chi connectivity index (χ3n) is 5.74. The second-order valence-corrected chi connectivity index (χ2v) is 7.43. The molecule has 2 aromatic rings. The third-order valence-corrected chi connectivity index (χ3v) is 5.74. The van der Waals surface area contributed by atoms with Crippen LogP contribution in [0, 0.1) is 0 Å². The Morgan fingerprint density at radius 3 is 2.42 bits per heavy atom. The predicted octanol–water partition coefficient (Wildman–Crippen LogP) is 2.52. The minimum atomic E-state index is -1.05. The van der Waals surface area contributed by atoms with Gasteiger partial charge in [-0.1, -0.05) is 0 Å². The summed E-state index contributed by atoms with van der Waals surface area (Å²) in [5.74, 6) is 0.197. The molecule has 0 radical (unpaired) electrons. The molecule has 2 amide bonds. The van der Waals surface area contributed by atoms with Gasteiger partial charge in [-0.15, -0.1) is 0 Å². The third kappa shape index (κ3) is 3.77. The molecule has 1 fully saturated rings. The van der Waals surface area contributed by atoms with E-state index in [2.05, 4.69) is 5.32 Å². The van der Waals surface area contributed by atoms with E-state index in [9.17, 15) is 14.4 Å². The van der Waals surface area contributed by atoms with Crippen molar-refractivity contribution in [2.45, 2.75) is 25.1 Å². The van der Waals surface area contributed by atoms with Gasteiger partial charge < -0.3 is 29.0 Å². The van der Waals surface area contributed by atoms with E-state index < -0.39 is 24.1 Å². The fourth-order valence-electron chi connectivity index (χ4n) is 4.16. The van der Waals surface area contributed by atoms with Crippen LogP contribution < -0.4 is 24.3 Å². The van der Waals surface area contributed by atoms with E-state index in [-0.39, 0.29) is 30.1 Å². The molecule has 0 unspecified atom stereocenters. The first-order valence-electron chi connectivity index (χ1n) is 10.2. The van der Waals surface area contributed by atoms with Crippen LogP contribution in [0.1, 0.15) is 35.0 Å². The highest BCUT2D eigenvalue weighted by Gasteiger charge is 2.47. The number of esters is 1. The first kappa shape index (κ1) is 22.3. The number of likely N-dealkylation sites (tertiary alicyclic amines) is 1. The highest BCUT2D eigenvalue weighted by atomic mass is 16.6. The van der Waals surface area contributed by atoms with Crippen molar-refractivity contribution in [3.63, 3.8) is 0 Å². The molecule has 2 aliphatic rings. The molecule has 2 aromatic carbocycles. The van der Waals surface area contributed by atoms with Gasteiger partial charge in [0.2, 0.25) is 18.0 Å². The smallest absolute Gasteiger partial charge is 0.344 e. The monoisotopic (exact) mass is 456 g/mol. The summed E-state index contributed by atoms with van der Waals surface area (Å²) in [7, 11) is 5.88. The number of ether oxygens (including phenoxy) is 5. The first-order valence-corrected chi connectivity index (χ1v) is 10.2. The van der Waals surface area contributed by atoms with Gasteiger partial charge in [-0.2, -0.15) is 0 Å². The number of carbonyl (C=O) groups excluding carboxylic acids is 3. The highest BCUT2D eigenvalue weighted by molar-refractivity contribution is 6.02. The number of methoxy groups -OCH3 is 4. The number of cyclic esters (lactones) is 1. The minimum Gasteiger partial charge on any atom is -0.497 e. The van der Waals surface area contributed by atoms with Crippen LogP contribution >= 0.6 is 0 Å². The number of hydrogen-bond acceptors (Lipinski definition) is 8. The van der Waals surface area contributed by atoms with Gasteiger partial charge in [0.05, 0.1) is 34.1 Å². The summed E-state index contributed by atoms with van der Waals surface area (Å²) in [4.78, 5) is 40.0. The molecule has 4 rings (SSSR count). The van der Waals surface area contributed by atoms with Crippen LogP contribution in [-0.2, 0) is 14.3 Å². The molecule has 0 aromatic heterocycles. The molecule has 10 heteroatoms. The molecule has 10 nitrogen and oxygen atoms in total. The Morgan fingerprint density at radius 2 is 1.76 bits per heavy atom. The second kappa shape index (κ2) is 8.89. The average molecular weight is 456 g/mol. The number of hydrogen-bond donors (Lipinski definition) is 1. The Balaban J connectivity index is 1.64. The number of amides is 2. The largest absolute Gasteiger partial charge is 0.497 e. The Morgan fingerprint density at radius 1 is 1.00 bits per heavy atom. The topological polar surface area (TPSA) is 113 Å². The number of fused-ring (bicyclic) bond motifs is 1. The van der Waals surface area contributed by atoms with E-state index in [0.717, 1.165) is 0 Å². The van der Waals surface area contributed by atoms with Crippen LogP contribution in [0.2, 0.25) is 0 Å². The fraction of sp³-hybridized carbons (Fsp3) is 0.348. The maximum absolute atomic E-state index is 13.2. The molecule has 1 saturated heterocycles. The van der Waals surface area contributed by atoms with E-state index >= 15 is 0 Å². The van der Waals surface area contributed by atoms with E-state index in [0.29, 0.717) is 28.5 Å². The Bertz CT molecular complexity index is 1120. The van der Waals surface area contributed by atoms with Gasteiger partial charge in [0.15, 0.2) is 11.5 Å². The van der Waals surface area contributed by atoms with Crippen LogP contribution in [0.4, 0.5) is 5.69 Å². The van der Waals surface area contributed by atoms with Crippen molar-refractivity contribution < 1.29 is 38.1 Å². The van der Waals surface area contributed by atoms with Crippen molar-refractivity contribution in [1.82, 2.24) is 4.90 Å². The van der Waals surface area contributed by atoms with Gasteiger partial charge in [-0.25, -0.2) is 4.79 Å². The average Bonchev–Trinajstić information content (AvgIpc) is 3.37. The van der Waals surface area contributed by atoms with Crippen LogP contribution in [0.3, 0.4) is 0 Å². The molecule has 174 valence electrons. The van der Waals surface area contributed by atoms with Gasteiger partial charge >= 0.3 is 5.97 Å². The molecule has 0 bridgehead atoms. The quantitative estimate of drug-likeness (QED) is 0.633. The summed E-state index contributed by atoms with van der Waals surface area (Å²) < 4.78 is 26.7. The highest BCUT2D eigenvalue weighted by Crippen LogP contribution is 2.45. The van der Waals surface area contributed by atoms with Gasteiger partial charge in [0.1, 0.15) is 23.1 Å². The van der Waals surface area contributed by atoms with Gasteiger partial charge in [-0.3, -0.25) is 14.5 Å². The van der Waals surface area contributed by atoms with Crippen molar-refractivity contribution in [3.05, 3.63) is 41.5 Å². The fourth-order valence-corrected chi connectivity index (χ4v) is 4.16. The Hall–Kier alpha value is -3.95. The Kier molecular flexibility index (Phi) is 5.99. The zero-order valence-corrected chi connectivity index (χ0v) is 18.7. The van der Waals surface area contributed by atoms with Gasteiger partial charge in [-0.05, 0) is 30.7 Å². The SMILES string of the molecule is COc1ccc(NC(=O)[C@@H]2CCC(=O)N2[C@@H]2OC(=O)c3c2ccc(OC)c3OC)c(OC)c1. The summed E-state index contributed by atoms with van der Waals surface area (Å²) in [5, 5.41) is 2.81. The van der Waals surface area contributed by atoms with Crippen molar-refractivity contribution in [2.24, 2.45) is 0 Å². The van der Waals surface area contributed by atoms with Gasteiger partial charge in [0, 0.05) is 18.1 Å². The zero-order valence-electron chi connectivity index (χ0n) is 18.7. The van der Waals surface area contributed by atoms with E-state index in [1.165, 1.54) is 33.3 Å². The normalized spacial score (nSPS) is 19.1. The van der Waals surface area contributed by atoms with E-state index in [4.69, 9.17) is 23.7 Å². The van der Waals surface area contributed by atoms with Crippen LogP contribution in [0.15, 0.2) is 30.3 Å². The van der Waals surface area contributed by atoms with Crippen molar-refractivity contribution >= 4 is 23.5 Å². The predicted molar refractivity (Wildman–Crippen MR) is 116 cm³/mol. The number of nitrogens with one attached hydrogen (secondary N) is 1. The van der Waals surface area contributed by atoms with Gasteiger partial charge in [0.25, 0.3) is 0 Å². The van der Waals surface area contributed by atoms with Crippen LogP contribution in [-0.4, -0.2) is 57.2 Å². The molecule has 2 atom stereocenters. The molecule has 33 heavy (non-hydrogen) atoms. The molecule has 1 N–H and O–H groups in total. The number of anilines is 1. The lowest BCUT2D eigenvalue weighted by Gasteiger charge is -2.29. The summed E-state index contributed by atoms with van der Waals surface area (Å²) in [6, 6.07) is 7.40. The van der Waals surface area contributed by atoms with Crippen LogP contribution in [0.5, 0.6) is 23.0 Å². The number of rotatable bonds is 7. The molecule has 0 saturated carbocycles. The molecule has 2 aliphatic heterocycles. The molecular weight excluding hydrogens is 432 g/mol. The lowest BCUT2D eigenvalue weighted by Crippen LogP contribution is -2.43. The van der Waals surface area contributed by atoms with E-state index in [1.807, 2.05) is 0 Å². The number of carbonyl (C=O) groups is 3. The number of nitrogens with zero attached hydrogens (tertiary/aromatic N) is 1. The number of benzene rings is 2. The summed E-state index contributed by atoms with van der Waals surface area (Å²) in [6.45, 7) is 0. The zero-order chi connectivity index (χ0) is 23.7. The molecular formula is C23H24N2O8. The second-order valence-electron chi connectivity index (χ2n) is 7.43. The Labute approximate surface area is 190 Å². The van der Waals surface area contributed by atoms with Crippen molar-refractivity contribution in [2.75, 3.05) is 33.8 Å². The first-order chi connectivity index (χ1) is 15.9. The standard InChI is InChI=1S/C23H24N2O8/c1-29-12-5-7-14(17(11-12)31-3)24-21(27)15-8-10-18(26)25(15)22-13-6-9-16(30-2)20(32-4)19(13)23(28)33-22/h5-7,9,11,15,22H,8,10H2,1-4H3,(H,24,27)/t15-,22+/m0/s1. The maximum atomic E-state index is 13.2.